The van der Waals surface area contributed by atoms with Crippen LogP contribution in [0, 0.1) is 5.82 Å². The Bertz CT molecular complexity index is 594. The SMILES string of the molecule is COCCNCc1cccc(F)c1Sc1ccccc1Br. The molecule has 5 heteroatoms. The van der Waals surface area contributed by atoms with E-state index >= 15 is 0 Å². The topological polar surface area (TPSA) is 21.3 Å². The van der Waals surface area contributed by atoms with Gasteiger partial charge in [0, 0.05) is 29.6 Å². The second-order valence-electron chi connectivity index (χ2n) is 4.43. The molecule has 0 amide bonds. The molecule has 2 rings (SSSR count). The summed E-state index contributed by atoms with van der Waals surface area (Å²) in [7, 11) is 1.66. The van der Waals surface area contributed by atoms with E-state index in [-0.39, 0.29) is 5.82 Å². The van der Waals surface area contributed by atoms with Crippen LogP contribution in [-0.2, 0) is 11.3 Å². The van der Waals surface area contributed by atoms with Gasteiger partial charge in [0.2, 0.25) is 0 Å². The number of hydrogen-bond donors (Lipinski definition) is 1. The second kappa shape index (κ2) is 8.54. The summed E-state index contributed by atoms with van der Waals surface area (Å²) in [5.41, 5.74) is 0.951. The van der Waals surface area contributed by atoms with Crippen molar-refractivity contribution < 1.29 is 9.13 Å². The molecule has 0 unspecified atom stereocenters. The predicted octanol–water partition coefficient (Wildman–Crippen LogP) is 4.48. The molecule has 0 aliphatic rings. The van der Waals surface area contributed by atoms with Crippen molar-refractivity contribution in [1.29, 1.82) is 0 Å². The molecule has 2 aromatic rings. The number of methoxy groups -OCH3 is 1. The van der Waals surface area contributed by atoms with E-state index in [0.29, 0.717) is 18.0 Å². The first-order valence-electron chi connectivity index (χ1n) is 6.62. The van der Waals surface area contributed by atoms with E-state index in [0.717, 1.165) is 21.5 Å². The zero-order valence-corrected chi connectivity index (χ0v) is 14.1. The molecule has 0 aromatic heterocycles. The summed E-state index contributed by atoms with van der Waals surface area (Å²) in [6, 6.07) is 13.0. The van der Waals surface area contributed by atoms with Crippen molar-refractivity contribution in [3.63, 3.8) is 0 Å². The molecule has 0 aliphatic carbocycles. The van der Waals surface area contributed by atoms with Crippen molar-refractivity contribution in [3.8, 4) is 0 Å². The Morgan fingerprint density at radius 1 is 1.19 bits per heavy atom. The number of hydrogen-bond acceptors (Lipinski definition) is 3. The van der Waals surface area contributed by atoms with Gasteiger partial charge in [0.15, 0.2) is 0 Å². The molecule has 0 saturated heterocycles. The first kappa shape index (κ1) is 16.5. The van der Waals surface area contributed by atoms with Crippen LogP contribution in [-0.4, -0.2) is 20.3 Å². The van der Waals surface area contributed by atoms with E-state index in [1.54, 1.807) is 13.2 Å². The lowest BCUT2D eigenvalue weighted by atomic mass is 10.2. The van der Waals surface area contributed by atoms with Crippen molar-refractivity contribution in [1.82, 2.24) is 5.32 Å². The van der Waals surface area contributed by atoms with Crippen LogP contribution in [0.2, 0.25) is 0 Å². The molecule has 2 nitrogen and oxygen atoms in total. The smallest absolute Gasteiger partial charge is 0.137 e. The number of benzene rings is 2. The molecular weight excluding hydrogens is 353 g/mol. The number of nitrogens with one attached hydrogen (secondary N) is 1. The highest BCUT2D eigenvalue weighted by molar-refractivity contribution is 9.10. The molecule has 0 radical (unpaired) electrons. The highest BCUT2D eigenvalue weighted by Crippen LogP contribution is 2.36. The Balaban J connectivity index is 2.16. The maximum atomic E-state index is 14.2. The minimum absolute atomic E-state index is 0.193. The molecule has 21 heavy (non-hydrogen) atoms. The van der Waals surface area contributed by atoms with Crippen LogP contribution >= 0.6 is 27.7 Å². The number of halogens is 2. The monoisotopic (exact) mass is 369 g/mol. The van der Waals surface area contributed by atoms with E-state index in [2.05, 4.69) is 21.2 Å². The van der Waals surface area contributed by atoms with E-state index in [1.807, 2.05) is 30.3 Å². The van der Waals surface area contributed by atoms with E-state index < -0.39 is 0 Å². The third-order valence-corrected chi connectivity index (χ3v) is 5.09. The van der Waals surface area contributed by atoms with Crippen molar-refractivity contribution >= 4 is 27.7 Å². The van der Waals surface area contributed by atoms with E-state index in [1.165, 1.54) is 17.8 Å². The third kappa shape index (κ3) is 4.81. The summed E-state index contributed by atoms with van der Waals surface area (Å²) < 4.78 is 20.1. The van der Waals surface area contributed by atoms with Crippen LogP contribution in [0.1, 0.15) is 5.56 Å². The summed E-state index contributed by atoms with van der Waals surface area (Å²) in [4.78, 5) is 1.66. The summed E-state index contributed by atoms with van der Waals surface area (Å²) in [6.07, 6.45) is 0. The van der Waals surface area contributed by atoms with Crippen LogP contribution in [0.3, 0.4) is 0 Å². The van der Waals surface area contributed by atoms with Gasteiger partial charge in [-0.05, 0) is 39.7 Å². The molecule has 0 aliphatic heterocycles. The van der Waals surface area contributed by atoms with Gasteiger partial charge in [0.1, 0.15) is 5.82 Å². The Hall–Kier alpha value is -0.880. The molecule has 0 atom stereocenters. The highest BCUT2D eigenvalue weighted by Gasteiger charge is 2.11. The minimum atomic E-state index is -0.193. The molecule has 112 valence electrons. The number of ether oxygens (including phenoxy) is 1. The maximum absolute atomic E-state index is 14.2. The Morgan fingerprint density at radius 2 is 2.00 bits per heavy atom. The normalized spacial score (nSPS) is 10.8. The van der Waals surface area contributed by atoms with Gasteiger partial charge in [-0.2, -0.15) is 0 Å². The van der Waals surface area contributed by atoms with Gasteiger partial charge < -0.3 is 10.1 Å². The molecule has 2 aromatic carbocycles. The van der Waals surface area contributed by atoms with Gasteiger partial charge >= 0.3 is 0 Å². The summed E-state index contributed by atoms with van der Waals surface area (Å²) >= 11 is 4.94. The van der Waals surface area contributed by atoms with Crippen LogP contribution < -0.4 is 5.32 Å². The molecule has 0 bridgehead atoms. The highest BCUT2D eigenvalue weighted by atomic mass is 79.9. The standard InChI is InChI=1S/C16H17BrFNOS/c1-20-10-9-19-11-12-5-4-7-14(18)16(12)21-15-8-3-2-6-13(15)17/h2-8,19H,9-11H2,1H3. The minimum Gasteiger partial charge on any atom is -0.383 e. The Labute approximate surface area is 137 Å². The maximum Gasteiger partial charge on any atom is 0.137 e. The zero-order valence-electron chi connectivity index (χ0n) is 11.7. The van der Waals surface area contributed by atoms with Gasteiger partial charge in [-0.3, -0.25) is 0 Å². The van der Waals surface area contributed by atoms with Crippen LogP contribution in [0.15, 0.2) is 56.7 Å². The van der Waals surface area contributed by atoms with E-state index in [9.17, 15) is 4.39 Å². The molecule has 0 spiro atoms. The van der Waals surface area contributed by atoms with Crippen LogP contribution in [0.4, 0.5) is 4.39 Å². The quantitative estimate of drug-likeness (QED) is 0.727. The molecular formula is C16H17BrFNOS. The lowest BCUT2D eigenvalue weighted by molar-refractivity contribution is 0.199. The van der Waals surface area contributed by atoms with Gasteiger partial charge in [-0.1, -0.05) is 36.0 Å². The fourth-order valence-electron chi connectivity index (χ4n) is 1.84. The number of rotatable bonds is 7. The summed E-state index contributed by atoms with van der Waals surface area (Å²) in [5, 5.41) is 3.25. The van der Waals surface area contributed by atoms with Crippen molar-refractivity contribution in [2.24, 2.45) is 0 Å². The first-order valence-corrected chi connectivity index (χ1v) is 8.22. The average Bonchev–Trinajstić information content (AvgIpc) is 2.49. The zero-order chi connectivity index (χ0) is 15.1. The van der Waals surface area contributed by atoms with E-state index in [4.69, 9.17) is 4.74 Å². The lowest BCUT2D eigenvalue weighted by Crippen LogP contribution is -2.19. The van der Waals surface area contributed by atoms with Crippen molar-refractivity contribution in [3.05, 3.63) is 58.3 Å². The Morgan fingerprint density at radius 3 is 2.76 bits per heavy atom. The fraction of sp³-hybridized carbons (Fsp3) is 0.250. The lowest BCUT2D eigenvalue weighted by Gasteiger charge is -2.12. The molecule has 0 saturated carbocycles. The van der Waals surface area contributed by atoms with Gasteiger partial charge in [0.25, 0.3) is 0 Å². The third-order valence-electron chi connectivity index (χ3n) is 2.90. The van der Waals surface area contributed by atoms with Crippen LogP contribution in [0.5, 0.6) is 0 Å². The average molecular weight is 370 g/mol. The molecule has 0 heterocycles. The molecule has 0 fully saturated rings. The summed E-state index contributed by atoms with van der Waals surface area (Å²) in [5.74, 6) is -0.193. The summed E-state index contributed by atoms with van der Waals surface area (Å²) in [6.45, 7) is 2.00. The first-order chi connectivity index (χ1) is 10.2. The molecule has 1 N–H and O–H groups in total. The van der Waals surface area contributed by atoms with Crippen LogP contribution in [0.25, 0.3) is 0 Å². The Kier molecular flexibility index (Phi) is 6.70. The van der Waals surface area contributed by atoms with Crippen molar-refractivity contribution in [2.45, 2.75) is 16.3 Å². The largest absolute Gasteiger partial charge is 0.383 e. The van der Waals surface area contributed by atoms with Gasteiger partial charge in [0.05, 0.1) is 11.5 Å². The van der Waals surface area contributed by atoms with Gasteiger partial charge in [-0.25, -0.2) is 4.39 Å². The fourth-order valence-corrected chi connectivity index (χ4v) is 3.34. The van der Waals surface area contributed by atoms with Gasteiger partial charge in [-0.15, -0.1) is 0 Å². The predicted molar refractivity (Wildman–Crippen MR) is 88.2 cm³/mol. The second-order valence-corrected chi connectivity index (χ2v) is 6.34. The van der Waals surface area contributed by atoms with Crippen molar-refractivity contribution in [2.75, 3.05) is 20.3 Å².